The molecule has 1 unspecified atom stereocenters. The van der Waals surface area contributed by atoms with Crippen LogP contribution < -0.4 is 10.1 Å². The zero-order valence-electron chi connectivity index (χ0n) is 15.7. The van der Waals surface area contributed by atoms with Crippen LogP contribution in [-0.4, -0.2) is 30.1 Å². The number of anilines is 1. The molecule has 2 aromatic rings. The van der Waals surface area contributed by atoms with Gasteiger partial charge in [0.15, 0.2) is 11.2 Å². The van der Waals surface area contributed by atoms with Crippen molar-refractivity contribution in [3.05, 3.63) is 40.9 Å². The quantitative estimate of drug-likeness (QED) is 0.780. The molecular weight excluding hydrogens is 352 g/mol. The second kappa shape index (κ2) is 8.31. The van der Waals surface area contributed by atoms with E-state index >= 15 is 0 Å². The van der Waals surface area contributed by atoms with Crippen LogP contribution in [-0.2, 0) is 26.2 Å². The van der Waals surface area contributed by atoms with Crippen LogP contribution in [0.2, 0.25) is 0 Å². The highest BCUT2D eigenvalue weighted by Gasteiger charge is 2.18. The molecule has 0 radical (unpaired) electrons. The summed E-state index contributed by atoms with van der Waals surface area (Å²) >= 11 is 1.25. The van der Waals surface area contributed by atoms with Crippen molar-refractivity contribution in [3.63, 3.8) is 0 Å². The van der Waals surface area contributed by atoms with E-state index in [1.54, 1.807) is 12.3 Å². The third kappa shape index (κ3) is 5.56. The molecule has 1 heterocycles. The molecule has 26 heavy (non-hydrogen) atoms. The second-order valence-corrected chi connectivity index (χ2v) is 7.78. The van der Waals surface area contributed by atoms with Crippen molar-refractivity contribution in [2.45, 2.75) is 45.6 Å². The van der Waals surface area contributed by atoms with Gasteiger partial charge >= 0.3 is 5.97 Å². The summed E-state index contributed by atoms with van der Waals surface area (Å²) in [6.45, 7) is 8.10. The lowest BCUT2D eigenvalue weighted by molar-refractivity contribution is -0.139. The van der Waals surface area contributed by atoms with Crippen LogP contribution in [0.5, 0.6) is 5.75 Å². The molecule has 0 aliphatic heterocycles. The first-order valence-electron chi connectivity index (χ1n) is 8.28. The number of hydrogen-bond acceptors (Lipinski definition) is 6. The number of esters is 1. The van der Waals surface area contributed by atoms with Gasteiger partial charge in [-0.1, -0.05) is 32.9 Å². The molecule has 1 amide bonds. The van der Waals surface area contributed by atoms with Gasteiger partial charge in [0.25, 0.3) is 5.91 Å². The highest BCUT2D eigenvalue weighted by molar-refractivity contribution is 7.13. The molecule has 1 N–H and O–H groups in total. The molecule has 7 heteroatoms. The highest BCUT2D eigenvalue weighted by Crippen LogP contribution is 2.25. The fourth-order valence-electron chi connectivity index (χ4n) is 2.16. The van der Waals surface area contributed by atoms with Crippen LogP contribution >= 0.6 is 11.3 Å². The number of nitrogens with one attached hydrogen (secondary N) is 1. The Hall–Kier alpha value is -2.41. The maximum Gasteiger partial charge on any atom is 0.311 e. The van der Waals surface area contributed by atoms with E-state index in [9.17, 15) is 9.59 Å². The lowest BCUT2D eigenvalue weighted by atomic mass is 9.87. The number of methoxy groups -OCH3 is 1. The Bertz CT molecular complexity index is 763. The van der Waals surface area contributed by atoms with Gasteiger partial charge in [0.05, 0.1) is 19.2 Å². The Labute approximate surface area is 157 Å². The van der Waals surface area contributed by atoms with E-state index in [0.29, 0.717) is 16.6 Å². The number of hydrogen-bond donors (Lipinski definition) is 1. The minimum absolute atomic E-state index is 0.0638. The fraction of sp³-hybridized carbons (Fsp3) is 0.421. The van der Waals surface area contributed by atoms with Crippen molar-refractivity contribution in [1.82, 2.24) is 4.98 Å². The number of aromatic nitrogens is 1. The molecule has 1 atom stereocenters. The first-order chi connectivity index (χ1) is 12.2. The van der Waals surface area contributed by atoms with Gasteiger partial charge in [-0.15, -0.1) is 11.3 Å². The molecule has 0 fully saturated rings. The molecule has 0 aliphatic rings. The van der Waals surface area contributed by atoms with Gasteiger partial charge in [-0.2, -0.15) is 0 Å². The summed E-state index contributed by atoms with van der Waals surface area (Å²) in [4.78, 5) is 27.7. The predicted octanol–water partition coefficient (Wildman–Crippen LogP) is 3.56. The topological polar surface area (TPSA) is 77.5 Å². The van der Waals surface area contributed by atoms with Gasteiger partial charge in [-0.25, -0.2) is 4.98 Å². The minimum atomic E-state index is -0.677. The number of thiazole rings is 1. The van der Waals surface area contributed by atoms with E-state index in [1.807, 2.05) is 24.3 Å². The number of amides is 1. The van der Waals surface area contributed by atoms with Gasteiger partial charge in [0.2, 0.25) is 0 Å². The van der Waals surface area contributed by atoms with E-state index in [1.165, 1.54) is 24.0 Å². The SMILES string of the molecule is COC(=O)Cc1csc(NC(=O)C(C)Oc2ccc(C(C)(C)C)cc2)n1. The van der Waals surface area contributed by atoms with Crippen molar-refractivity contribution in [2.75, 3.05) is 12.4 Å². The third-order valence-corrected chi connectivity index (χ3v) is 4.54. The summed E-state index contributed by atoms with van der Waals surface area (Å²) < 4.78 is 10.3. The maximum absolute atomic E-state index is 12.3. The van der Waals surface area contributed by atoms with Crippen molar-refractivity contribution in [1.29, 1.82) is 0 Å². The summed E-state index contributed by atoms with van der Waals surface area (Å²) in [5, 5.41) is 4.84. The molecular formula is C19H24N2O4S. The van der Waals surface area contributed by atoms with Gasteiger partial charge in [-0.3, -0.25) is 14.9 Å². The van der Waals surface area contributed by atoms with Gasteiger partial charge in [0.1, 0.15) is 5.75 Å². The summed E-state index contributed by atoms with van der Waals surface area (Å²) in [6, 6.07) is 7.73. The van der Waals surface area contributed by atoms with Gasteiger partial charge in [0, 0.05) is 5.38 Å². The van der Waals surface area contributed by atoms with Crippen molar-refractivity contribution in [3.8, 4) is 5.75 Å². The number of nitrogens with zero attached hydrogens (tertiary/aromatic N) is 1. The maximum atomic E-state index is 12.3. The van der Waals surface area contributed by atoms with Crippen LogP contribution in [0.15, 0.2) is 29.6 Å². The Morgan fingerprint density at radius 1 is 1.23 bits per heavy atom. The molecule has 1 aromatic heterocycles. The number of ether oxygens (including phenoxy) is 2. The first kappa shape index (κ1) is 19.9. The van der Waals surface area contributed by atoms with Crippen LogP contribution in [0.25, 0.3) is 0 Å². The van der Waals surface area contributed by atoms with E-state index in [4.69, 9.17) is 4.74 Å². The Balaban J connectivity index is 1.92. The van der Waals surface area contributed by atoms with Crippen LogP contribution in [0.4, 0.5) is 5.13 Å². The monoisotopic (exact) mass is 376 g/mol. The standard InChI is InChI=1S/C19H24N2O4S/c1-12(25-15-8-6-13(7-9-15)19(2,3)4)17(23)21-18-20-14(11-26-18)10-16(22)24-5/h6-9,11-12H,10H2,1-5H3,(H,20,21,23). The van der Waals surface area contributed by atoms with Crippen LogP contribution in [0, 0.1) is 0 Å². The number of benzene rings is 1. The van der Waals surface area contributed by atoms with Crippen molar-refractivity contribution in [2.24, 2.45) is 0 Å². The largest absolute Gasteiger partial charge is 0.481 e. The van der Waals surface area contributed by atoms with E-state index in [-0.39, 0.29) is 23.7 Å². The van der Waals surface area contributed by atoms with Gasteiger partial charge in [-0.05, 0) is 30.0 Å². The van der Waals surface area contributed by atoms with Crippen molar-refractivity contribution < 1.29 is 19.1 Å². The van der Waals surface area contributed by atoms with Gasteiger partial charge < -0.3 is 9.47 Å². The second-order valence-electron chi connectivity index (χ2n) is 6.92. The Morgan fingerprint density at radius 2 is 1.88 bits per heavy atom. The number of rotatable bonds is 6. The van der Waals surface area contributed by atoms with E-state index in [2.05, 4.69) is 35.8 Å². The Kier molecular flexibility index (Phi) is 6.37. The zero-order valence-corrected chi connectivity index (χ0v) is 16.5. The smallest absolute Gasteiger partial charge is 0.311 e. The number of carbonyl (C=O) groups excluding carboxylic acids is 2. The normalized spacial score (nSPS) is 12.3. The zero-order chi connectivity index (χ0) is 19.3. The molecule has 140 valence electrons. The lowest BCUT2D eigenvalue weighted by Crippen LogP contribution is -2.30. The summed E-state index contributed by atoms with van der Waals surface area (Å²) in [6.07, 6.45) is -0.599. The lowest BCUT2D eigenvalue weighted by Gasteiger charge is -2.20. The molecule has 1 aromatic carbocycles. The fourth-order valence-corrected chi connectivity index (χ4v) is 2.88. The molecule has 0 aliphatic carbocycles. The molecule has 0 saturated heterocycles. The Morgan fingerprint density at radius 3 is 2.46 bits per heavy atom. The summed E-state index contributed by atoms with van der Waals surface area (Å²) in [5.41, 5.74) is 1.82. The third-order valence-electron chi connectivity index (χ3n) is 3.74. The molecule has 0 saturated carbocycles. The molecule has 0 bridgehead atoms. The van der Waals surface area contributed by atoms with Crippen LogP contribution in [0.1, 0.15) is 39.0 Å². The molecule has 0 spiro atoms. The van der Waals surface area contributed by atoms with E-state index in [0.717, 1.165) is 0 Å². The molecule has 2 rings (SSSR count). The predicted molar refractivity (Wildman–Crippen MR) is 102 cm³/mol. The average Bonchev–Trinajstić information content (AvgIpc) is 3.01. The summed E-state index contributed by atoms with van der Waals surface area (Å²) in [5.74, 6) is -0.0429. The number of carbonyl (C=O) groups is 2. The van der Waals surface area contributed by atoms with E-state index < -0.39 is 6.10 Å². The molecule has 6 nitrogen and oxygen atoms in total. The minimum Gasteiger partial charge on any atom is -0.481 e. The average molecular weight is 376 g/mol. The van der Waals surface area contributed by atoms with Crippen LogP contribution in [0.3, 0.4) is 0 Å². The highest BCUT2D eigenvalue weighted by atomic mass is 32.1. The van der Waals surface area contributed by atoms with Crippen molar-refractivity contribution >= 4 is 28.3 Å². The summed E-state index contributed by atoms with van der Waals surface area (Å²) in [7, 11) is 1.32. The first-order valence-corrected chi connectivity index (χ1v) is 9.16.